The average Bonchev–Trinajstić information content (AvgIpc) is 2.41. The summed E-state index contributed by atoms with van der Waals surface area (Å²) in [5, 5.41) is 3.08. The number of ether oxygens (including phenoxy) is 1. The fourth-order valence-electron chi connectivity index (χ4n) is 1.54. The number of benzene rings is 1. The number of nitrogen functional groups attached to an aromatic ring is 1. The monoisotopic (exact) mass is 277 g/mol. The Morgan fingerprint density at radius 3 is 2.84 bits per heavy atom. The van der Waals surface area contributed by atoms with Gasteiger partial charge in [-0.3, -0.25) is 9.78 Å². The molecule has 3 N–H and O–H groups in total. The van der Waals surface area contributed by atoms with Gasteiger partial charge in [0.05, 0.1) is 29.7 Å². The number of hydrogen-bond donors (Lipinski definition) is 2. The summed E-state index contributed by atoms with van der Waals surface area (Å²) in [5.74, 6) is 0.209. The van der Waals surface area contributed by atoms with Crippen molar-refractivity contribution >= 4 is 28.9 Å². The molecule has 0 aliphatic carbocycles. The topological polar surface area (TPSA) is 77.2 Å². The molecule has 0 spiro atoms. The van der Waals surface area contributed by atoms with E-state index in [1.54, 1.807) is 30.5 Å². The van der Waals surface area contributed by atoms with Crippen molar-refractivity contribution in [3.8, 4) is 5.75 Å². The minimum absolute atomic E-state index is 0.316. The molecule has 0 saturated carbocycles. The summed E-state index contributed by atoms with van der Waals surface area (Å²) < 4.78 is 5.03. The quantitative estimate of drug-likeness (QED) is 0.846. The Morgan fingerprint density at radius 1 is 1.42 bits per heavy atom. The molecule has 0 aliphatic rings. The second-order valence-electron chi connectivity index (χ2n) is 3.77. The lowest BCUT2D eigenvalue weighted by Gasteiger charge is -2.08. The fraction of sp³-hybridized carbons (Fsp3) is 0.0769. The molecule has 0 saturated heterocycles. The molecule has 6 heteroatoms. The van der Waals surface area contributed by atoms with Crippen LogP contribution in [0.3, 0.4) is 0 Å². The number of methoxy groups -OCH3 is 1. The number of halogens is 1. The Labute approximate surface area is 115 Å². The molecule has 0 unspecified atom stereocenters. The zero-order valence-electron chi connectivity index (χ0n) is 10.2. The van der Waals surface area contributed by atoms with Crippen LogP contribution in [-0.4, -0.2) is 18.0 Å². The molecule has 0 radical (unpaired) electrons. The summed E-state index contributed by atoms with van der Waals surface area (Å²) in [7, 11) is 1.51. The van der Waals surface area contributed by atoms with Crippen LogP contribution < -0.4 is 15.8 Å². The lowest BCUT2D eigenvalue weighted by atomic mass is 10.1. The highest BCUT2D eigenvalue weighted by atomic mass is 35.5. The van der Waals surface area contributed by atoms with E-state index in [9.17, 15) is 4.79 Å². The van der Waals surface area contributed by atoms with Gasteiger partial charge in [-0.05, 0) is 24.3 Å². The van der Waals surface area contributed by atoms with Crippen molar-refractivity contribution < 1.29 is 9.53 Å². The summed E-state index contributed by atoms with van der Waals surface area (Å²) in [4.78, 5) is 15.9. The molecular weight excluding hydrogens is 266 g/mol. The van der Waals surface area contributed by atoms with Gasteiger partial charge >= 0.3 is 0 Å². The van der Waals surface area contributed by atoms with Crippen molar-refractivity contribution in [1.29, 1.82) is 0 Å². The van der Waals surface area contributed by atoms with E-state index in [0.29, 0.717) is 27.7 Å². The van der Waals surface area contributed by atoms with Crippen molar-refractivity contribution in [3.05, 3.63) is 47.2 Å². The number of aromatic nitrogens is 1. The molecule has 1 amide bonds. The SMILES string of the molecule is COc1ccc(C(=O)Nc2cnccc2Cl)cc1N. The van der Waals surface area contributed by atoms with Gasteiger partial charge in [0.15, 0.2) is 0 Å². The number of carbonyl (C=O) groups is 1. The highest BCUT2D eigenvalue weighted by molar-refractivity contribution is 6.33. The summed E-state index contributed by atoms with van der Waals surface area (Å²) >= 11 is 5.94. The molecule has 2 rings (SSSR count). The number of carbonyl (C=O) groups excluding carboxylic acids is 1. The van der Waals surface area contributed by atoms with Gasteiger partial charge in [0, 0.05) is 11.8 Å². The molecule has 1 heterocycles. The van der Waals surface area contributed by atoms with Crippen molar-refractivity contribution in [2.24, 2.45) is 0 Å². The van der Waals surface area contributed by atoms with Crippen LogP contribution in [0.2, 0.25) is 5.02 Å². The summed E-state index contributed by atoms with van der Waals surface area (Å²) in [6.45, 7) is 0. The average molecular weight is 278 g/mol. The van der Waals surface area contributed by atoms with E-state index in [0.717, 1.165) is 0 Å². The first-order valence-electron chi connectivity index (χ1n) is 5.46. The largest absolute Gasteiger partial charge is 0.495 e. The zero-order valence-corrected chi connectivity index (χ0v) is 10.9. The Morgan fingerprint density at radius 2 is 2.21 bits per heavy atom. The number of amides is 1. The van der Waals surface area contributed by atoms with Crippen molar-refractivity contribution in [1.82, 2.24) is 4.98 Å². The van der Waals surface area contributed by atoms with Crippen LogP contribution in [0.1, 0.15) is 10.4 Å². The number of pyridine rings is 1. The van der Waals surface area contributed by atoms with E-state index in [-0.39, 0.29) is 5.91 Å². The molecule has 98 valence electrons. The molecule has 0 bridgehead atoms. The molecule has 0 fully saturated rings. The van der Waals surface area contributed by atoms with Crippen LogP contribution in [0, 0.1) is 0 Å². The van der Waals surface area contributed by atoms with Gasteiger partial charge in [0.25, 0.3) is 5.91 Å². The number of rotatable bonds is 3. The third-order valence-electron chi connectivity index (χ3n) is 2.51. The van der Waals surface area contributed by atoms with Crippen LogP contribution in [0.5, 0.6) is 5.75 Å². The first kappa shape index (κ1) is 13.2. The van der Waals surface area contributed by atoms with E-state index in [4.69, 9.17) is 22.1 Å². The van der Waals surface area contributed by atoms with Gasteiger partial charge in [0.2, 0.25) is 0 Å². The smallest absolute Gasteiger partial charge is 0.255 e. The van der Waals surface area contributed by atoms with Crippen molar-refractivity contribution in [2.75, 3.05) is 18.2 Å². The van der Waals surface area contributed by atoms with Gasteiger partial charge < -0.3 is 15.8 Å². The maximum atomic E-state index is 12.0. The third-order valence-corrected chi connectivity index (χ3v) is 2.84. The zero-order chi connectivity index (χ0) is 13.8. The van der Waals surface area contributed by atoms with E-state index in [1.807, 2.05) is 0 Å². The van der Waals surface area contributed by atoms with E-state index in [2.05, 4.69) is 10.3 Å². The second-order valence-corrected chi connectivity index (χ2v) is 4.17. The van der Waals surface area contributed by atoms with Gasteiger partial charge in [-0.15, -0.1) is 0 Å². The fourth-order valence-corrected chi connectivity index (χ4v) is 1.69. The van der Waals surface area contributed by atoms with Crippen molar-refractivity contribution in [2.45, 2.75) is 0 Å². The predicted octanol–water partition coefficient (Wildman–Crippen LogP) is 2.58. The number of anilines is 2. The molecular formula is C13H12ClN3O2. The Kier molecular flexibility index (Phi) is 3.87. The summed E-state index contributed by atoms with van der Waals surface area (Å²) in [6.07, 6.45) is 3.02. The molecule has 0 atom stereocenters. The van der Waals surface area contributed by atoms with Crippen LogP contribution in [-0.2, 0) is 0 Å². The van der Waals surface area contributed by atoms with Crippen LogP contribution in [0.25, 0.3) is 0 Å². The molecule has 1 aromatic carbocycles. The summed E-state index contributed by atoms with van der Waals surface area (Å²) in [5.41, 5.74) is 7.01. The molecule has 0 aliphatic heterocycles. The maximum Gasteiger partial charge on any atom is 0.255 e. The Balaban J connectivity index is 2.21. The van der Waals surface area contributed by atoms with Crippen LogP contribution >= 0.6 is 11.6 Å². The highest BCUT2D eigenvalue weighted by Gasteiger charge is 2.10. The minimum atomic E-state index is -0.316. The number of nitrogens with two attached hydrogens (primary N) is 1. The van der Waals surface area contributed by atoms with E-state index in [1.165, 1.54) is 13.3 Å². The number of hydrogen-bond acceptors (Lipinski definition) is 4. The first-order chi connectivity index (χ1) is 9.11. The molecule has 5 nitrogen and oxygen atoms in total. The standard InChI is InChI=1S/C13H12ClN3O2/c1-19-12-3-2-8(6-10(12)15)13(18)17-11-7-16-5-4-9(11)14/h2-7H,15H2,1H3,(H,17,18). The molecule has 1 aromatic heterocycles. The maximum absolute atomic E-state index is 12.0. The van der Waals surface area contributed by atoms with Gasteiger partial charge in [-0.25, -0.2) is 0 Å². The Hall–Kier alpha value is -2.27. The normalized spacial score (nSPS) is 10.0. The van der Waals surface area contributed by atoms with Crippen LogP contribution in [0.4, 0.5) is 11.4 Å². The van der Waals surface area contributed by atoms with E-state index < -0.39 is 0 Å². The third kappa shape index (κ3) is 2.95. The van der Waals surface area contributed by atoms with E-state index >= 15 is 0 Å². The van der Waals surface area contributed by atoms with Gasteiger partial charge in [0.1, 0.15) is 5.75 Å². The lowest BCUT2D eigenvalue weighted by molar-refractivity contribution is 0.102. The predicted molar refractivity (Wildman–Crippen MR) is 74.6 cm³/mol. The Bertz CT molecular complexity index is 617. The first-order valence-corrected chi connectivity index (χ1v) is 5.84. The molecule has 2 aromatic rings. The minimum Gasteiger partial charge on any atom is -0.495 e. The number of nitrogens with one attached hydrogen (secondary N) is 1. The van der Waals surface area contributed by atoms with Gasteiger partial charge in [-0.2, -0.15) is 0 Å². The number of nitrogens with zero attached hydrogens (tertiary/aromatic N) is 1. The second kappa shape index (κ2) is 5.58. The van der Waals surface area contributed by atoms with Gasteiger partial charge in [-0.1, -0.05) is 11.6 Å². The van der Waals surface area contributed by atoms with Crippen molar-refractivity contribution in [3.63, 3.8) is 0 Å². The lowest BCUT2D eigenvalue weighted by Crippen LogP contribution is -2.12. The summed E-state index contributed by atoms with van der Waals surface area (Å²) in [6, 6.07) is 6.39. The molecule has 19 heavy (non-hydrogen) atoms. The highest BCUT2D eigenvalue weighted by Crippen LogP contribution is 2.24. The van der Waals surface area contributed by atoms with Crippen LogP contribution in [0.15, 0.2) is 36.7 Å².